The second kappa shape index (κ2) is 6.72. The van der Waals surface area contributed by atoms with Gasteiger partial charge in [-0.25, -0.2) is 4.79 Å². The molecule has 2 heterocycles. The standard InChI is InChI=1S/C14H23BN2O5/c1-14(2,3)22-13(18)17-8-6-16(7-9-17)10-11-4-5-12(21-11)15(19)20/h4-5,19-20H,6-10H2,1-3H3. The molecular formula is C14H23BN2O5. The van der Waals surface area contributed by atoms with E-state index in [1.807, 2.05) is 20.8 Å². The molecule has 0 saturated carbocycles. The molecule has 0 aliphatic carbocycles. The molecule has 1 fully saturated rings. The van der Waals surface area contributed by atoms with E-state index in [1.165, 1.54) is 0 Å². The first kappa shape index (κ1) is 16.9. The quantitative estimate of drug-likeness (QED) is 0.765. The molecule has 2 N–H and O–H groups in total. The molecule has 1 amide bonds. The summed E-state index contributed by atoms with van der Waals surface area (Å²) in [7, 11) is -1.59. The van der Waals surface area contributed by atoms with Crippen LogP contribution in [0.1, 0.15) is 26.5 Å². The fourth-order valence-corrected chi connectivity index (χ4v) is 2.25. The third-order valence-corrected chi connectivity index (χ3v) is 3.34. The number of rotatable bonds is 3. The Bertz CT molecular complexity index is 504. The lowest BCUT2D eigenvalue weighted by Crippen LogP contribution is -2.49. The largest absolute Gasteiger partial charge is 0.526 e. The molecule has 0 radical (unpaired) electrons. The van der Waals surface area contributed by atoms with E-state index in [0.717, 1.165) is 13.1 Å². The second-order valence-electron chi connectivity index (χ2n) is 6.42. The molecule has 22 heavy (non-hydrogen) atoms. The van der Waals surface area contributed by atoms with Crippen LogP contribution < -0.4 is 5.66 Å². The molecule has 0 aromatic carbocycles. The van der Waals surface area contributed by atoms with Crippen molar-refractivity contribution in [2.75, 3.05) is 26.2 Å². The zero-order valence-electron chi connectivity index (χ0n) is 13.3. The minimum Gasteiger partial charge on any atom is -0.468 e. The van der Waals surface area contributed by atoms with Crippen LogP contribution in [0.2, 0.25) is 0 Å². The van der Waals surface area contributed by atoms with Gasteiger partial charge in [0.2, 0.25) is 0 Å². The predicted octanol–water partition coefficient (Wildman–Crippen LogP) is 0.0121. The van der Waals surface area contributed by atoms with Gasteiger partial charge in [-0.2, -0.15) is 0 Å². The van der Waals surface area contributed by atoms with E-state index in [1.54, 1.807) is 17.0 Å². The Labute approximate surface area is 130 Å². The van der Waals surface area contributed by atoms with Gasteiger partial charge in [-0.3, -0.25) is 4.90 Å². The van der Waals surface area contributed by atoms with Crippen LogP contribution in [0.25, 0.3) is 0 Å². The smallest absolute Gasteiger partial charge is 0.468 e. The average molecular weight is 310 g/mol. The van der Waals surface area contributed by atoms with E-state index in [0.29, 0.717) is 25.4 Å². The Morgan fingerprint density at radius 1 is 1.27 bits per heavy atom. The Kier molecular flexibility index (Phi) is 5.15. The molecule has 0 unspecified atom stereocenters. The summed E-state index contributed by atoms with van der Waals surface area (Å²) in [6.45, 7) is 8.78. The highest BCUT2D eigenvalue weighted by Crippen LogP contribution is 2.13. The number of hydrogen-bond donors (Lipinski definition) is 2. The first-order chi connectivity index (χ1) is 10.2. The summed E-state index contributed by atoms with van der Waals surface area (Å²) in [4.78, 5) is 15.8. The normalized spacial score (nSPS) is 16.7. The zero-order valence-corrected chi connectivity index (χ0v) is 13.3. The number of carbonyl (C=O) groups excluding carboxylic acids is 1. The third kappa shape index (κ3) is 4.76. The molecule has 8 heteroatoms. The molecule has 2 rings (SSSR count). The molecule has 7 nitrogen and oxygen atoms in total. The van der Waals surface area contributed by atoms with Gasteiger partial charge in [-0.1, -0.05) is 0 Å². The monoisotopic (exact) mass is 310 g/mol. The van der Waals surface area contributed by atoms with Crippen LogP contribution in [0.5, 0.6) is 0 Å². The van der Waals surface area contributed by atoms with Gasteiger partial charge in [0.15, 0.2) is 0 Å². The number of hydrogen-bond acceptors (Lipinski definition) is 6. The third-order valence-electron chi connectivity index (χ3n) is 3.34. The van der Waals surface area contributed by atoms with Crippen LogP contribution in [0.4, 0.5) is 4.79 Å². The lowest BCUT2D eigenvalue weighted by atomic mass is 9.88. The van der Waals surface area contributed by atoms with Crippen molar-refractivity contribution in [3.05, 3.63) is 17.9 Å². The van der Waals surface area contributed by atoms with E-state index in [4.69, 9.17) is 19.2 Å². The summed E-state index contributed by atoms with van der Waals surface area (Å²) in [5, 5.41) is 18.0. The Morgan fingerprint density at radius 3 is 2.41 bits per heavy atom. The van der Waals surface area contributed by atoms with Crippen LogP contribution in [-0.2, 0) is 11.3 Å². The van der Waals surface area contributed by atoms with Crippen molar-refractivity contribution in [3.63, 3.8) is 0 Å². The number of furan rings is 1. The van der Waals surface area contributed by atoms with Gasteiger partial charge < -0.3 is 24.1 Å². The van der Waals surface area contributed by atoms with Gasteiger partial charge in [0.05, 0.1) is 6.54 Å². The molecule has 1 aliphatic rings. The van der Waals surface area contributed by atoms with Crippen LogP contribution in [0.3, 0.4) is 0 Å². The summed E-state index contributed by atoms with van der Waals surface area (Å²) in [5.41, 5.74) is -0.341. The highest BCUT2D eigenvalue weighted by molar-refractivity contribution is 6.56. The van der Waals surface area contributed by atoms with Crippen LogP contribution in [0.15, 0.2) is 16.5 Å². The summed E-state index contributed by atoms with van der Waals surface area (Å²) < 4.78 is 10.7. The molecule has 1 aromatic rings. The molecule has 122 valence electrons. The van der Waals surface area contributed by atoms with E-state index < -0.39 is 12.7 Å². The van der Waals surface area contributed by atoms with Gasteiger partial charge in [-0.15, -0.1) is 0 Å². The van der Waals surface area contributed by atoms with Crippen molar-refractivity contribution in [1.29, 1.82) is 0 Å². The van der Waals surface area contributed by atoms with Crippen molar-refractivity contribution in [1.82, 2.24) is 9.80 Å². The first-order valence-corrected chi connectivity index (χ1v) is 7.39. The lowest BCUT2D eigenvalue weighted by molar-refractivity contribution is 0.0134. The summed E-state index contributed by atoms with van der Waals surface area (Å²) in [6, 6.07) is 3.28. The van der Waals surface area contributed by atoms with E-state index in [9.17, 15) is 4.79 Å². The van der Waals surface area contributed by atoms with Crippen molar-refractivity contribution < 1.29 is 24.0 Å². The maximum atomic E-state index is 12.0. The topological polar surface area (TPSA) is 86.4 Å². The Morgan fingerprint density at radius 2 is 1.91 bits per heavy atom. The first-order valence-electron chi connectivity index (χ1n) is 7.39. The molecule has 1 aromatic heterocycles. The van der Waals surface area contributed by atoms with E-state index in [-0.39, 0.29) is 11.8 Å². The molecular weight excluding hydrogens is 287 g/mol. The Hall–Kier alpha value is -1.51. The van der Waals surface area contributed by atoms with Crippen LogP contribution in [0, 0.1) is 0 Å². The molecule has 0 bridgehead atoms. The van der Waals surface area contributed by atoms with Crippen molar-refractivity contribution in [2.45, 2.75) is 32.9 Å². The average Bonchev–Trinajstić information content (AvgIpc) is 2.86. The van der Waals surface area contributed by atoms with Gasteiger partial charge in [0, 0.05) is 26.2 Å². The summed E-state index contributed by atoms with van der Waals surface area (Å²) in [5.74, 6) is 0.675. The second-order valence-corrected chi connectivity index (χ2v) is 6.42. The fraction of sp³-hybridized carbons (Fsp3) is 0.643. The highest BCUT2D eigenvalue weighted by Gasteiger charge is 2.26. The minimum atomic E-state index is -1.59. The Balaban J connectivity index is 1.80. The number of carbonyl (C=O) groups is 1. The SMILES string of the molecule is CC(C)(C)OC(=O)N1CCN(Cc2ccc(B(O)O)o2)CC1. The van der Waals surface area contributed by atoms with Gasteiger partial charge in [-0.05, 0) is 32.9 Å². The van der Waals surface area contributed by atoms with E-state index >= 15 is 0 Å². The minimum absolute atomic E-state index is 0.141. The highest BCUT2D eigenvalue weighted by atomic mass is 16.6. The summed E-state index contributed by atoms with van der Waals surface area (Å²) in [6.07, 6.45) is -0.282. The van der Waals surface area contributed by atoms with Crippen molar-refractivity contribution in [2.24, 2.45) is 0 Å². The number of ether oxygens (including phenoxy) is 1. The van der Waals surface area contributed by atoms with Crippen molar-refractivity contribution in [3.8, 4) is 0 Å². The van der Waals surface area contributed by atoms with Crippen LogP contribution >= 0.6 is 0 Å². The molecule has 1 saturated heterocycles. The maximum Gasteiger partial charge on any atom is 0.526 e. The molecule has 1 aliphatic heterocycles. The van der Waals surface area contributed by atoms with E-state index in [2.05, 4.69) is 4.90 Å². The number of amides is 1. The van der Waals surface area contributed by atoms with Crippen LogP contribution in [-0.4, -0.2) is 64.8 Å². The number of nitrogens with zero attached hydrogens (tertiary/aromatic N) is 2. The lowest BCUT2D eigenvalue weighted by Gasteiger charge is -2.35. The molecule has 0 spiro atoms. The number of piperazine rings is 1. The summed E-state index contributed by atoms with van der Waals surface area (Å²) >= 11 is 0. The zero-order chi connectivity index (χ0) is 16.3. The molecule has 0 atom stereocenters. The maximum absolute atomic E-state index is 12.0. The van der Waals surface area contributed by atoms with Crippen molar-refractivity contribution >= 4 is 18.9 Å². The van der Waals surface area contributed by atoms with Gasteiger partial charge in [0.1, 0.15) is 17.0 Å². The fourth-order valence-electron chi connectivity index (χ4n) is 2.25. The van der Waals surface area contributed by atoms with Gasteiger partial charge >= 0.3 is 13.2 Å². The van der Waals surface area contributed by atoms with Gasteiger partial charge in [0.25, 0.3) is 0 Å². The predicted molar refractivity (Wildman–Crippen MR) is 81.6 cm³/mol.